The largest absolute Gasteiger partial charge is 0.496 e. The molecular weight excluding hydrogens is 360 g/mol. The topological polar surface area (TPSA) is 35.5 Å². The Morgan fingerprint density at radius 2 is 1.97 bits per heavy atom. The molecule has 29 heavy (non-hydrogen) atoms. The van der Waals surface area contributed by atoms with Crippen LogP contribution in [0.25, 0.3) is 5.57 Å². The molecule has 0 radical (unpaired) electrons. The molecule has 0 bridgehead atoms. The van der Waals surface area contributed by atoms with Crippen molar-refractivity contribution in [3.8, 4) is 11.5 Å². The minimum Gasteiger partial charge on any atom is -0.496 e. The van der Waals surface area contributed by atoms with Gasteiger partial charge in [0.2, 0.25) is 0 Å². The molecule has 1 atom stereocenters. The van der Waals surface area contributed by atoms with E-state index in [1.807, 2.05) is 24.3 Å². The first-order valence-electron chi connectivity index (χ1n) is 10.4. The van der Waals surface area contributed by atoms with Crippen LogP contribution in [0.1, 0.15) is 53.2 Å². The van der Waals surface area contributed by atoms with Crippen molar-refractivity contribution in [2.45, 2.75) is 39.5 Å². The van der Waals surface area contributed by atoms with E-state index in [0.29, 0.717) is 6.61 Å². The van der Waals surface area contributed by atoms with Gasteiger partial charge in [0.25, 0.3) is 0 Å². The van der Waals surface area contributed by atoms with Gasteiger partial charge in [-0.3, -0.25) is 4.79 Å². The number of benzene rings is 2. The molecular formula is C26H28O3. The predicted octanol–water partition coefficient (Wildman–Crippen LogP) is 5.95. The minimum atomic E-state index is 0.157. The Balaban J connectivity index is 1.52. The van der Waals surface area contributed by atoms with E-state index in [1.54, 1.807) is 7.11 Å². The zero-order valence-corrected chi connectivity index (χ0v) is 17.5. The maximum atomic E-state index is 13.2. The third-order valence-electron chi connectivity index (χ3n) is 6.01. The molecule has 3 heteroatoms. The molecule has 0 N–H and O–H groups in total. The summed E-state index contributed by atoms with van der Waals surface area (Å²) >= 11 is 0. The highest BCUT2D eigenvalue weighted by atomic mass is 16.5. The Morgan fingerprint density at radius 3 is 2.76 bits per heavy atom. The molecule has 0 saturated carbocycles. The Morgan fingerprint density at radius 1 is 1.10 bits per heavy atom. The second-order valence-corrected chi connectivity index (χ2v) is 8.00. The number of carbonyl (C=O) groups excluding carboxylic acids is 1. The van der Waals surface area contributed by atoms with Crippen molar-refractivity contribution in [1.82, 2.24) is 0 Å². The number of aryl methyl sites for hydroxylation is 1. The Bertz CT molecular complexity index is 997. The summed E-state index contributed by atoms with van der Waals surface area (Å²) in [5, 5.41) is 0. The Kier molecular flexibility index (Phi) is 5.57. The van der Waals surface area contributed by atoms with Crippen LogP contribution in [0.2, 0.25) is 0 Å². The minimum absolute atomic E-state index is 0.157. The number of fused-ring (bicyclic) bond motifs is 1. The highest BCUT2D eigenvalue weighted by molar-refractivity contribution is 6.09. The number of ether oxygens (including phenoxy) is 2. The van der Waals surface area contributed by atoms with Crippen molar-refractivity contribution in [3.63, 3.8) is 0 Å². The Labute approximate surface area is 173 Å². The summed E-state index contributed by atoms with van der Waals surface area (Å²) in [7, 11) is 1.70. The standard InChI is InChI=1S/C26H28O3/c1-17-7-8-19(20-9-11-24(28-3)18(2)15-20)5-4-6-23(17)26(27)22-10-12-25-21(16-22)13-14-29-25/h6,8-12,15-17H,4-5,7,13-14H2,1-3H3/b19-8-,23-6?. The summed E-state index contributed by atoms with van der Waals surface area (Å²) in [6.07, 6.45) is 8.02. The smallest absolute Gasteiger partial charge is 0.188 e. The van der Waals surface area contributed by atoms with Gasteiger partial charge in [-0.25, -0.2) is 0 Å². The second-order valence-electron chi connectivity index (χ2n) is 8.00. The summed E-state index contributed by atoms with van der Waals surface area (Å²) in [6, 6.07) is 12.2. The van der Waals surface area contributed by atoms with Crippen molar-refractivity contribution in [2.75, 3.05) is 13.7 Å². The van der Waals surface area contributed by atoms with Crippen LogP contribution in [0, 0.1) is 12.8 Å². The van der Waals surface area contributed by atoms with Crippen molar-refractivity contribution < 1.29 is 14.3 Å². The van der Waals surface area contributed by atoms with E-state index in [-0.39, 0.29) is 11.7 Å². The quantitative estimate of drug-likeness (QED) is 0.607. The summed E-state index contributed by atoms with van der Waals surface area (Å²) in [5.41, 5.74) is 6.60. The summed E-state index contributed by atoms with van der Waals surface area (Å²) in [6.45, 7) is 4.94. The number of hydrogen-bond donors (Lipinski definition) is 0. The number of methoxy groups -OCH3 is 1. The average Bonchev–Trinajstić information content (AvgIpc) is 3.18. The summed E-state index contributed by atoms with van der Waals surface area (Å²) < 4.78 is 11.0. The molecule has 0 aromatic heterocycles. The fraction of sp³-hybridized carbons (Fsp3) is 0.346. The van der Waals surface area contributed by atoms with Gasteiger partial charge in [0, 0.05) is 12.0 Å². The van der Waals surface area contributed by atoms with E-state index >= 15 is 0 Å². The Hall–Kier alpha value is -2.81. The number of rotatable bonds is 4. The van der Waals surface area contributed by atoms with Gasteiger partial charge in [0.05, 0.1) is 13.7 Å². The molecule has 3 nitrogen and oxygen atoms in total. The lowest BCUT2D eigenvalue weighted by Gasteiger charge is -2.19. The molecule has 0 spiro atoms. The number of hydrogen-bond acceptors (Lipinski definition) is 3. The molecule has 2 aromatic rings. The fourth-order valence-electron chi connectivity index (χ4n) is 4.28. The molecule has 2 aliphatic rings. The number of ketones is 1. The molecule has 4 rings (SSSR count). The SMILES string of the molecule is COc1ccc(/C2=C\CC(C)C(C(=O)c3ccc4c(c3)CCO4)=CCC2)cc1C. The summed E-state index contributed by atoms with van der Waals surface area (Å²) in [5.74, 6) is 2.19. The van der Waals surface area contributed by atoms with E-state index < -0.39 is 0 Å². The van der Waals surface area contributed by atoms with E-state index in [9.17, 15) is 4.79 Å². The third-order valence-corrected chi connectivity index (χ3v) is 6.01. The fourth-order valence-corrected chi connectivity index (χ4v) is 4.28. The first-order chi connectivity index (χ1) is 14.1. The van der Waals surface area contributed by atoms with E-state index in [4.69, 9.17) is 9.47 Å². The van der Waals surface area contributed by atoms with Crippen LogP contribution < -0.4 is 9.47 Å². The average molecular weight is 389 g/mol. The first-order valence-corrected chi connectivity index (χ1v) is 10.4. The molecule has 1 heterocycles. The number of allylic oxidation sites excluding steroid dienone is 4. The van der Waals surface area contributed by atoms with E-state index in [1.165, 1.54) is 11.1 Å². The third kappa shape index (κ3) is 4.00. The highest BCUT2D eigenvalue weighted by Gasteiger charge is 2.22. The predicted molar refractivity (Wildman–Crippen MR) is 117 cm³/mol. The molecule has 1 aliphatic heterocycles. The van der Waals surface area contributed by atoms with Crippen molar-refractivity contribution >= 4 is 11.4 Å². The molecule has 1 aliphatic carbocycles. The van der Waals surface area contributed by atoms with Crippen LogP contribution in [0.5, 0.6) is 11.5 Å². The lowest BCUT2D eigenvalue weighted by molar-refractivity contribution is 0.102. The summed E-state index contributed by atoms with van der Waals surface area (Å²) in [4.78, 5) is 13.2. The van der Waals surface area contributed by atoms with Crippen LogP contribution in [0.4, 0.5) is 0 Å². The van der Waals surface area contributed by atoms with Gasteiger partial charge in [0.1, 0.15) is 11.5 Å². The molecule has 0 fully saturated rings. The van der Waals surface area contributed by atoms with Crippen LogP contribution in [0.3, 0.4) is 0 Å². The van der Waals surface area contributed by atoms with Crippen molar-refractivity contribution in [3.05, 3.63) is 76.4 Å². The monoisotopic (exact) mass is 388 g/mol. The molecule has 150 valence electrons. The van der Waals surface area contributed by atoms with Gasteiger partial charge in [-0.15, -0.1) is 0 Å². The first kappa shape index (κ1) is 19.5. The van der Waals surface area contributed by atoms with Gasteiger partial charge >= 0.3 is 0 Å². The highest BCUT2D eigenvalue weighted by Crippen LogP contribution is 2.32. The number of Topliss-reactive ketones (excluding diaryl/α,β-unsaturated/α-hetero) is 1. The maximum absolute atomic E-state index is 13.2. The molecule has 0 amide bonds. The van der Waals surface area contributed by atoms with Crippen LogP contribution in [0.15, 0.2) is 54.1 Å². The van der Waals surface area contributed by atoms with Gasteiger partial charge < -0.3 is 9.47 Å². The number of carbonyl (C=O) groups is 1. The van der Waals surface area contributed by atoms with Crippen LogP contribution in [-0.4, -0.2) is 19.5 Å². The van der Waals surface area contributed by atoms with Crippen LogP contribution in [-0.2, 0) is 6.42 Å². The zero-order chi connectivity index (χ0) is 20.4. The van der Waals surface area contributed by atoms with Gasteiger partial charge in [-0.2, -0.15) is 0 Å². The normalized spacial score (nSPS) is 20.4. The van der Waals surface area contributed by atoms with E-state index in [0.717, 1.165) is 59.4 Å². The molecule has 0 saturated heterocycles. The lowest BCUT2D eigenvalue weighted by atomic mass is 9.85. The van der Waals surface area contributed by atoms with Crippen molar-refractivity contribution in [2.24, 2.45) is 5.92 Å². The zero-order valence-electron chi connectivity index (χ0n) is 17.5. The maximum Gasteiger partial charge on any atom is 0.188 e. The second kappa shape index (κ2) is 8.28. The van der Waals surface area contributed by atoms with E-state index in [2.05, 4.69) is 38.1 Å². The van der Waals surface area contributed by atoms with Crippen molar-refractivity contribution in [1.29, 1.82) is 0 Å². The van der Waals surface area contributed by atoms with Gasteiger partial charge in [-0.1, -0.05) is 25.1 Å². The lowest BCUT2D eigenvalue weighted by Crippen LogP contribution is -2.12. The van der Waals surface area contributed by atoms with Gasteiger partial charge in [0.15, 0.2) is 5.78 Å². The molecule has 1 unspecified atom stereocenters. The van der Waals surface area contributed by atoms with Gasteiger partial charge in [-0.05, 0) is 90.3 Å². The molecule has 2 aromatic carbocycles. The van der Waals surface area contributed by atoms with Crippen LogP contribution >= 0.6 is 0 Å².